The van der Waals surface area contributed by atoms with Crippen LogP contribution in [0.2, 0.25) is 0 Å². The Balaban J connectivity index is 1.79. The van der Waals surface area contributed by atoms with Crippen LogP contribution in [0, 0.1) is 5.92 Å². The van der Waals surface area contributed by atoms with Crippen molar-refractivity contribution in [3.63, 3.8) is 0 Å². The Hall–Kier alpha value is -1.13. The summed E-state index contributed by atoms with van der Waals surface area (Å²) in [6, 6.07) is 5.08. The van der Waals surface area contributed by atoms with Crippen LogP contribution >= 0.6 is 0 Å². The number of nitrogens with zero attached hydrogens (tertiary/aromatic N) is 2. The number of pyridine rings is 1. The van der Waals surface area contributed by atoms with E-state index in [1.54, 1.807) is 7.11 Å². The van der Waals surface area contributed by atoms with Gasteiger partial charge in [-0.2, -0.15) is 0 Å². The molecule has 0 spiro atoms. The SMILES string of the molecule is COc1ccc(C(CN)N2CC3CCC2C3)cn1. The van der Waals surface area contributed by atoms with E-state index in [0.29, 0.717) is 18.5 Å². The van der Waals surface area contributed by atoms with Crippen molar-refractivity contribution in [1.29, 1.82) is 0 Å². The van der Waals surface area contributed by atoms with Crippen LogP contribution in [0.5, 0.6) is 5.88 Å². The Kier molecular flexibility index (Phi) is 3.22. The Labute approximate surface area is 108 Å². The fourth-order valence-electron chi connectivity index (χ4n) is 3.52. The molecule has 2 heterocycles. The summed E-state index contributed by atoms with van der Waals surface area (Å²) in [5.41, 5.74) is 7.20. The number of piperidine rings is 1. The second kappa shape index (κ2) is 4.86. The molecule has 4 nitrogen and oxygen atoms in total. The van der Waals surface area contributed by atoms with E-state index in [1.807, 2.05) is 12.3 Å². The van der Waals surface area contributed by atoms with Gasteiger partial charge in [0.15, 0.2) is 0 Å². The molecule has 1 saturated heterocycles. The van der Waals surface area contributed by atoms with Crippen LogP contribution in [-0.4, -0.2) is 36.1 Å². The van der Waals surface area contributed by atoms with Gasteiger partial charge in [-0.3, -0.25) is 4.90 Å². The smallest absolute Gasteiger partial charge is 0.212 e. The number of ether oxygens (including phenoxy) is 1. The van der Waals surface area contributed by atoms with E-state index in [2.05, 4.69) is 16.0 Å². The summed E-state index contributed by atoms with van der Waals surface area (Å²) in [7, 11) is 1.64. The molecule has 1 aromatic rings. The third kappa shape index (κ3) is 1.99. The Morgan fingerprint density at radius 2 is 2.39 bits per heavy atom. The summed E-state index contributed by atoms with van der Waals surface area (Å²) < 4.78 is 5.10. The number of hydrogen-bond donors (Lipinski definition) is 1. The molecule has 2 fully saturated rings. The minimum absolute atomic E-state index is 0.318. The minimum atomic E-state index is 0.318. The van der Waals surface area contributed by atoms with Crippen molar-refractivity contribution < 1.29 is 4.74 Å². The molecule has 3 unspecified atom stereocenters. The highest BCUT2D eigenvalue weighted by Gasteiger charge is 2.40. The van der Waals surface area contributed by atoms with Crippen molar-refractivity contribution in [2.45, 2.75) is 31.3 Å². The maximum absolute atomic E-state index is 5.99. The average Bonchev–Trinajstić information content (AvgIpc) is 3.03. The number of fused-ring (bicyclic) bond motifs is 2. The fraction of sp³-hybridized carbons (Fsp3) is 0.643. The highest BCUT2D eigenvalue weighted by Crippen LogP contribution is 2.41. The van der Waals surface area contributed by atoms with Crippen LogP contribution in [-0.2, 0) is 0 Å². The molecule has 2 aliphatic rings. The predicted octanol–water partition coefficient (Wildman–Crippen LogP) is 1.57. The van der Waals surface area contributed by atoms with E-state index < -0.39 is 0 Å². The lowest BCUT2D eigenvalue weighted by atomic mass is 10.0. The van der Waals surface area contributed by atoms with Crippen LogP contribution in [0.25, 0.3) is 0 Å². The van der Waals surface area contributed by atoms with Crippen LogP contribution in [0.15, 0.2) is 18.3 Å². The van der Waals surface area contributed by atoms with Gasteiger partial charge in [0.1, 0.15) is 0 Å². The van der Waals surface area contributed by atoms with Gasteiger partial charge in [0, 0.05) is 37.4 Å². The van der Waals surface area contributed by atoms with Crippen LogP contribution < -0.4 is 10.5 Å². The molecular weight excluding hydrogens is 226 g/mol. The lowest BCUT2D eigenvalue weighted by Gasteiger charge is -2.34. The molecule has 2 N–H and O–H groups in total. The molecule has 4 heteroatoms. The van der Waals surface area contributed by atoms with Gasteiger partial charge in [0.25, 0.3) is 0 Å². The van der Waals surface area contributed by atoms with Gasteiger partial charge >= 0.3 is 0 Å². The first-order valence-electron chi connectivity index (χ1n) is 6.77. The number of nitrogens with two attached hydrogens (primary N) is 1. The molecule has 3 atom stereocenters. The van der Waals surface area contributed by atoms with Gasteiger partial charge in [0.2, 0.25) is 5.88 Å². The zero-order valence-corrected chi connectivity index (χ0v) is 10.9. The van der Waals surface area contributed by atoms with E-state index in [1.165, 1.54) is 31.4 Å². The predicted molar refractivity (Wildman–Crippen MR) is 70.4 cm³/mol. The monoisotopic (exact) mass is 247 g/mol. The van der Waals surface area contributed by atoms with Crippen molar-refractivity contribution in [3.8, 4) is 5.88 Å². The molecule has 18 heavy (non-hydrogen) atoms. The molecule has 1 aliphatic heterocycles. The van der Waals surface area contributed by atoms with Crippen molar-refractivity contribution >= 4 is 0 Å². The van der Waals surface area contributed by atoms with Gasteiger partial charge in [0.05, 0.1) is 7.11 Å². The topological polar surface area (TPSA) is 51.4 Å². The molecule has 3 rings (SSSR count). The maximum atomic E-state index is 5.99. The van der Waals surface area contributed by atoms with Crippen molar-refractivity contribution in [2.75, 3.05) is 20.2 Å². The zero-order chi connectivity index (χ0) is 12.5. The first kappa shape index (κ1) is 11.9. The zero-order valence-electron chi connectivity index (χ0n) is 10.9. The van der Waals surface area contributed by atoms with Gasteiger partial charge < -0.3 is 10.5 Å². The van der Waals surface area contributed by atoms with E-state index in [-0.39, 0.29) is 0 Å². The summed E-state index contributed by atoms with van der Waals surface area (Å²) >= 11 is 0. The average molecular weight is 247 g/mol. The summed E-state index contributed by atoms with van der Waals surface area (Å²) in [6.45, 7) is 1.87. The molecule has 0 radical (unpaired) electrons. The molecule has 0 aromatic carbocycles. The molecule has 1 aromatic heterocycles. The minimum Gasteiger partial charge on any atom is -0.481 e. The lowest BCUT2D eigenvalue weighted by Crippen LogP contribution is -2.39. The molecule has 0 amide bonds. The summed E-state index contributed by atoms with van der Waals surface area (Å²) in [5.74, 6) is 1.56. The standard InChI is InChI=1S/C14H21N3O/c1-18-14-5-3-11(8-16-14)13(7-15)17-9-10-2-4-12(17)6-10/h3,5,8,10,12-13H,2,4,6-7,9,15H2,1H3. The Morgan fingerprint density at radius 3 is 2.89 bits per heavy atom. The molecule has 1 saturated carbocycles. The first-order chi connectivity index (χ1) is 8.81. The van der Waals surface area contributed by atoms with Gasteiger partial charge in [-0.15, -0.1) is 0 Å². The van der Waals surface area contributed by atoms with E-state index in [0.717, 1.165) is 12.0 Å². The largest absolute Gasteiger partial charge is 0.481 e. The van der Waals surface area contributed by atoms with Crippen LogP contribution in [0.1, 0.15) is 30.9 Å². The fourth-order valence-corrected chi connectivity index (χ4v) is 3.52. The third-order valence-corrected chi connectivity index (χ3v) is 4.43. The molecule has 98 valence electrons. The maximum Gasteiger partial charge on any atom is 0.212 e. The number of methoxy groups -OCH3 is 1. The van der Waals surface area contributed by atoms with Crippen molar-refractivity contribution in [1.82, 2.24) is 9.88 Å². The molecule has 2 bridgehead atoms. The number of hydrogen-bond acceptors (Lipinski definition) is 4. The van der Waals surface area contributed by atoms with Crippen LogP contribution in [0.4, 0.5) is 0 Å². The van der Waals surface area contributed by atoms with Gasteiger partial charge in [-0.25, -0.2) is 4.98 Å². The number of likely N-dealkylation sites (tertiary alicyclic amines) is 1. The van der Waals surface area contributed by atoms with Crippen molar-refractivity contribution in [3.05, 3.63) is 23.9 Å². The lowest BCUT2D eigenvalue weighted by molar-refractivity contribution is 0.152. The van der Waals surface area contributed by atoms with E-state index >= 15 is 0 Å². The number of rotatable bonds is 4. The summed E-state index contributed by atoms with van der Waals surface area (Å²) in [4.78, 5) is 6.88. The second-order valence-electron chi connectivity index (χ2n) is 5.42. The second-order valence-corrected chi connectivity index (χ2v) is 5.42. The van der Waals surface area contributed by atoms with Gasteiger partial charge in [-0.05, 0) is 30.7 Å². The van der Waals surface area contributed by atoms with Crippen molar-refractivity contribution in [2.24, 2.45) is 11.7 Å². The summed E-state index contributed by atoms with van der Waals surface area (Å²) in [5, 5.41) is 0. The number of aromatic nitrogens is 1. The van der Waals surface area contributed by atoms with E-state index in [9.17, 15) is 0 Å². The Bertz CT molecular complexity index is 406. The highest BCUT2D eigenvalue weighted by atomic mass is 16.5. The summed E-state index contributed by atoms with van der Waals surface area (Å²) in [6.07, 6.45) is 6.01. The normalized spacial score (nSPS) is 28.6. The highest BCUT2D eigenvalue weighted by molar-refractivity contribution is 5.22. The van der Waals surface area contributed by atoms with Crippen LogP contribution in [0.3, 0.4) is 0 Å². The van der Waals surface area contributed by atoms with E-state index in [4.69, 9.17) is 10.5 Å². The van der Waals surface area contributed by atoms with Gasteiger partial charge in [-0.1, -0.05) is 6.07 Å². The quantitative estimate of drug-likeness (QED) is 0.877. The third-order valence-electron chi connectivity index (χ3n) is 4.43. The molecule has 1 aliphatic carbocycles. The first-order valence-corrected chi connectivity index (χ1v) is 6.77. The molecular formula is C14H21N3O. The Morgan fingerprint density at radius 1 is 1.50 bits per heavy atom.